The van der Waals surface area contributed by atoms with Gasteiger partial charge in [0, 0.05) is 23.7 Å². The number of nitrogens with one attached hydrogen (secondary N) is 2. The van der Waals surface area contributed by atoms with Gasteiger partial charge in [-0.2, -0.15) is 0 Å². The molecule has 3 N–H and O–H groups in total. The molecule has 0 radical (unpaired) electrons. The number of fused-ring (bicyclic) bond motifs is 1. The first-order chi connectivity index (χ1) is 21.3. The minimum absolute atomic E-state index is 0.0753. The maximum absolute atomic E-state index is 14.5. The molecule has 0 aliphatic carbocycles. The highest BCUT2D eigenvalue weighted by molar-refractivity contribution is 6.00. The second kappa shape index (κ2) is 14.0. The van der Waals surface area contributed by atoms with Crippen molar-refractivity contribution < 1.29 is 24.2 Å². The van der Waals surface area contributed by atoms with Crippen LogP contribution in [0.15, 0.2) is 91.0 Å². The van der Waals surface area contributed by atoms with Gasteiger partial charge in [-0.15, -0.1) is 6.42 Å². The van der Waals surface area contributed by atoms with Crippen molar-refractivity contribution in [2.45, 2.75) is 64.8 Å². The fraction of sp³-hybridized carbons (Fsp3) is 0.270. The summed E-state index contributed by atoms with van der Waals surface area (Å²) in [6, 6.07) is 24.1. The lowest BCUT2D eigenvalue weighted by molar-refractivity contribution is -0.142. The number of phenols is 1. The van der Waals surface area contributed by atoms with Crippen LogP contribution >= 0.6 is 0 Å². The highest BCUT2D eigenvalue weighted by Gasteiger charge is 2.38. The van der Waals surface area contributed by atoms with Gasteiger partial charge in [0.15, 0.2) is 0 Å². The summed E-state index contributed by atoms with van der Waals surface area (Å²) in [7, 11) is 0. The van der Waals surface area contributed by atoms with Gasteiger partial charge in [0.1, 0.15) is 23.4 Å². The van der Waals surface area contributed by atoms with Crippen LogP contribution in [0.1, 0.15) is 57.4 Å². The van der Waals surface area contributed by atoms with E-state index in [2.05, 4.69) is 16.6 Å². The van der Waals surface area contributed by atoms with E-state index in [4.69, 9.17) is 11.2 Å². The van der Waals surface area contributed by atoms with Crippen molar-refractivity contribution >= 4 is 34.4 Å². The third-order valence-corrected chi connectivity index (χ3v) is 7.11. The summed E-state index contributed by atoms with van der Waals surface area (Å²) in [5.74, 6) is 1.75. The number of benzene rings is 4. The van der Waals surface area contributed by atoms with Crippen molar-refractivity contribution in [1.29, 1.82) is 0 Å². The lowest BCUT2D eigenvalue weighted by Gasteiger charge is -2.37. The summed E-state index contributed by atoms with van der Waals surface area (Å²) in [5, 5.41) is 17.5. The van der Waals surface area contributed by atoms with Gasteiger partial charge in [-0.3, -0.25) is 9.59 Å². The summed E-state index contributed by atoms with van der Waals surface area (Å²) in [6.07, 6.45) is 4.92. The summed E-state index contributed by atoms with van der Waals surface area (Å²) >= 11 is 0. The number of aromatic hydroxyl groups is 1. The predicted molar refractivity (Wildman–Crippen MR) is 177 cm³/mol. The Hall–Kier alpha value is -5.29. The molecule has 0 saturated carbocycles. The molecule has 0 aromatic heterocycles. The Bertz CT molecular complexity index is 1700. The zero-order chi connectivity index (χ0) is 32.7. The number of carbonyl (C=O) groups excluding carboxylic acids is 3. The van der Waals surface area contributed by atoms with Crippen LogP contribution in [0.5, 0.6) is 5.75 Å². The second-order valence-corrected chi connectivity index (χ2v) is 12.1. The molecule has 232 valence electrons. The van der Waals surface area contributed by atoms with Crippen molar-refractivity contribution in [3.8, 4) is 18.1 Å². The molecule has 8 nitrogen and oxygen atoms in total. The predicted octanol–water partition coefficient (Wildman–Crippen LogP) is 6.58. The molecule has 0 spiro atoms. The second-order valence-electron chi connectivity index (χ2n) is 12.1. The number of amides is 3. The van der Waals surface area contributed by atoms with Gasteiger partial charge < -0.3 is 25.4 Å². The zero-order valence-corrected chi connectivity index (χ0v) is 26.2. The average Bonchev–Trinajstić information content (AvgIpc) is 2.99. The first-order valence-electron chi connectivity index (χ1n) is 14.8. The number of hydrogen-bond acceptors (Lipinski definition) is 5. The van der Waals surface area contributed by atoms with Crippen molar-refractivity contribution in [3.63, 3.8) is 0 Å². The molecular formula is C37H39N3O5. The van der Waals surface area contributed by atoms with Crippen LogP contribution in [-0.4, -0.2) is 45.6 Å². The summed E-state index contributed by atoms with van der Waals surface area (Å²) in [4.78, 5) is 43.2. The van der Waals surface area contributed by atoms with E-state index >= 15 is 0 Å². The number of terminal acetylenes is 1. The molecule has 0 aliphatic heterocycles. The van der Waals surface area contributed by atoms with Crippen molar-refractivity contribution in [1.82, 2.24) is 10.2 Å². The minimum atomic E-state index is -1.09. The minimum Gasteiger partial charge on any atom is -0.508 e. The molecule has 4 rings (SSSR count). The maximum atomic E-state index is 14.5. The third kappa shape index (κ3) is 8.64. The van der Waals surface area contributed by atoms with E-state index < -0.39 is 41.6 Å². The topological polar surface area (TPSA) is 108 Å². The van der Waals surface area contributed by atoms with Gasteiger partial charge in [0.25, 0.3) is 5.91 Å². The van der Waals surface area contributed by atoms with Crippen LogP contribution in [0.3, 0.4) is 0 Å². The molecule has 2 unspecified atom stereocenters. The summed E-state index contributed by atoms with van der Waals surface area (Å²) in [6.45, 7) is 8.83. The number of nitrogens with zero attached hydrogens (tertiary/aromatic N) is 1. The smallest absolute Gasteiger partial charge is 0.408 e. The van der Waals surface area contributed by atoms with Crippen LogP contribution in [0.4, 0.5) is 10.5 Å². The van der Waals surface area contributed by atoms with Crippen molar-refractivity contribution in [3.05, 3.63) is 108 Å². The number of anilines is 1. The van der Waals surface area contributed by atoms with E-state index in [0.717, 1.165) is 10.8 Å². The van der Waals surface area contributed by atoms with Gasteiger partial charge in [-0.1, -0.05) is 60.5 Å². The third-order valence-electron chi connectivity index (χ3n) is 7.11. The fourth-order valence-corrected chi connectivity index (χ4v) is 5.06. The Morgan fingerprint density at radius 3 is 2.16 bits per heavy atom. The molecular weight excluding hydrogens is 566 g/mol. The Balaban J connectivity index is 1.74. The van der Waals surface area contributed by atoms with Gasteiger partial charge in [-0.25, -0.2) is 4.79 Å². The molecule has 8 heteroatoms. The molecule has 4 aromatic rings. The van der Waals surface area contributed by atoms with Gasteiger partial charge in [0.2, 0.25) is 5.91 Å². The molecule has 0 aliphatic rings. The van der Waals surface area contributed by atoms with Crippen LogP contribution < -0.4 is 10.6 Å². The normalized spacial score (nSPS) is 12.6. The Labute approximate surface area is 264 Å². The first kappa shape index (κ1) is 32.6. The molecule has 0 fully saturated rings. The van der Waals surface area contributed by atoms with Gasteiger partial charge >= 0.3 is 6.09 Å². The van der Waals surface area contributed by atoms with Crippen LogP contribution in [0.25, 0.3) is 10.8 Å². The number of rotatable bonds is 9. The van der Waals surface area contributed by atoms with Crippen molar-refractivity contribution in [2.24, 2.45) is 0 Å². The molecule has 0 heterocycles. The maximum Gasteiger partial charge on any atom is 0.408 e. The standard InChI is InChI=1S/C37H39N3O5/c1-7-25-12-16-28(17-13-25)33(34(42)38-30-19-18-27-10-8-9-11-29(27)23-30)40(24(2)3)35(43)32(39-36(44)45-37(4,5)6)22-26-14-20-31(41)21-15-26/h1,8-21,23-24,32-33,41H,22H2,2-6H3,(H,38,42)(H,39,44). The molecule has 4 aromatic carbocycles. The lowest BCUT2D eigenvalue weighted by atomic mass is 9.98. The number of alkyl carbamates (subject to hydrolysis) is 1. The van der Waals surface area contributed by atoms with E-state index in [1.54, 1.807) is 57.2 Å². The molecule has 45 heavy (non-hydrogen) atoms. The molecule has 0 bridgehead atoms. The van der Waals surface area contributed by atoms with Crippen LogP contribution in [0, 0.1) is 12.3 Å². The zero-order valence-electron chi connectivity index (χ0n) is 26.2. The number of hydrogen-bond donors (Lipinski definition) is 3. The molecule has 0 saturated heterocycles. The largest absolute Gasteiger partial charge is 0.508 e. The molecule has 2 atom stereocenters. The monoisotopic (exact) mass is 605 g/mol. The number of carbonyl (C=O) groups is 3. The number of phenolic OH excluding ortho intramolecular Hbond substituents is 1. The highest BCUT2D eigenvalue weighted by atomic mass is 16.6. The van der Waals surface area contributed by atoms with E-state index in [-0.39, 0.29) is 12.2 Å². The molecule has 3 amide bonds. The summed E-state index contributed by atoms with van der Waals surface area (Å²) in [5.41, 5.74) is 1.66. The van der Waals surface area contributed by atoms with E-state index in [1.165, 1.54) is 17.0 Å². The van der Waals surface area contributed by atoms with Crippen molar-refractivity contribution in [2.75, 3.05) is 5.32 Å². The lowest BCUT2D eigenvalue weighted by Crippen LogP contribution is -2.55. The summed E-state index contributed by atoms with van der Waals surface area (Å²) < 4.78 is 5.49. The SMILES string of the molecule is C#Cc1ccc(C(C(=O)Nc2ccc3ccccc3c2)N(C(=O)C(Cc2ccc(O)cc2)NC(=O)OC(C)(C)C)C(C)C)cc1. The first-order valence-corrected chi connectivity index (χ1v) is 14.8. The van der Waals surface area contributed by atoms with E-state index in [0.29, 0.717) is 22.4 Å². The van der Waals surface area contributed by atoms with Gasteiger partial charge in [-0.05, 0) is 92.9 Å². The number of ether oxygens (including phenoxy) is 1. The van der Waals surface area contributed by atoms with Crippen LogP contribution in [0.2, 0.25) is 0 Å². The van der Waals surface area contributed by atoms with E-state index in [1.807, 2.05) is 56.3 Å². The Kier molecular flexibility index (Phi) is 10.1. The Morgan fingerprint density at radius 1 is 0.911 bits per heavy atom. The Morgan fingerprint density at radius 2 is 1.56 bits per heavy atom. The quantitative estimate of drug-likeness (QED) is 0.187. The highest BCUT2D eigenvalue weighted by Crippen LogP contribution is 2.28. The van der Waals surface area contributed by atoms with Crippen LogP contribution in [-0.2, 0) is 20.7 Å². The fourth-order valence-electron chi connectivity index (χ4n) is 5.06. The average molecular weight is 606 g/mol. The van der Waals surface area contributed by atoms with Gasteiger partial charge in [0.05, 0.1) is 0 Å². The van der Waals surface area contributed by atoms with E-state index in [9.17, 15) is 19.5 Å².